The van der Waals surface area contributed by atoms with E-state index >= 15 is 0 Å². The van der Waals surface area contributed by atoms with Gasteiger partial charge in [0.1, 0.15) is 5.15 Å². The van der Waals surface area contributed by atoms with Crippen molar-refractivity contribution in [2.24, 2.45) is 0 Å². The second-order valence-electron chi connectivity index (χ2n) is 5.37. The number of rotatable bonds is 3. The summed E-state index contributed by atoms with van der Waals surface area (Å²) < 4.78 is 76.0. The van der Waals surface area contributed by atoms with E-state index in [1.54, 1.807) is 6.92 Å². The minimum atomic E-state index is -4.73. The maximum absolute atomic E-state index is 13.0. The van der Waals surface area contributed by atoms with Crippen LogP contribution in [0.1, 0.15) is 11.3 Å². The van der Waals surface area contributed by atoms with Gasteiger partial charge in [0.25, 0.3) is 21.0 Å². The summed E-state index contributed by atoms with van der Waals surface area (Å²) in [6.45, 7) is 1.62. The second kappa shape index (κ2) is 9.05. The molecule has 0 unspecified atom stereocenters. The molecule has 0 spiro atoms. The van der Waals surface area contributed by atoms with Gasteiger partial charge in [0.05, 0.1) is 11.3 Å². The number of fused-ring (bicyclic) bond motifs is 1. The molecular weight excluding hydrogens is 536 g/mol. The number of halogens is 7. The van der Waals surface area contributed by atoms with Crippen LogP contribution in [0.25, 0.3) is 5.78 Å². The number of para-hydroxylation sites is 1. The van der Waals surface area contributed by atoms with Crippen LogP contribution in [0.3, 0.4) is 0 Å². The molecular formula is C13H9Cl4F3N5O3PS. The lowest BCUT2D eigenvalue weighted by Crippen LogP contribution is -2.18. The summed E-state index contributed by atoms with van der Waals surface area (Å²) in [7, 11) is -4.48. The number of hydrogen-bond acceptors (Lipinski definition) is 6. The lowest BCUT2D eigenvalue weighted by atomic mass is 10.2. The average molecular weight is 545 g/mol. The number of aryl methyl sites for hydroxylation is 1. The standard InChI is InChI=1S/C13H9ClF3N5O2S.Cl3OP/c1-7-6-10(14)22-11(18-7)19-12(20-22)25(23,24)21-9-5-3-2-4-8(9)13(15,16)17;1-5(2,3)4/h2-6,21H,1H3;. The molecule has 3 aromatic rings. The van der Waals surface area contributed by atoms with Crippen LogP contribution in [0.4, 0.5) is 18.9 Å². The Bertz CT molecular complexity index is 1220. The van der Waals surface area contributed by atoms with E-state index in [1.165, 1.54) is 12.1 Å². The molecule has 3 rings (SSSR count). The quantitative estimate of drug-likeness (QED) is 0.334. The summed E-state index contributed by atoms with van der Waals surface area (Å²) in [5.41, 5.74) is -1.29. The van der Waals surface area contributed by atoms with Crippen molar-refractivity contribution in [3.05, 3.63) is 46.7 Å². The van der Waals surface area contributed by atoms with E-state index < -0.39 is 37.8 Å². The van der Waals surface area contributed by atoms with Gasteiger partial charge in [-0.1, -0.05) is 23.7 Å². The molecule has 164 valence electrons. The van der Waals surface area contributed by atoms with E-state index in [0.29, 0.717) is 5.69 Å². The van der Waals surface area contributed by atoms with Crippen LogP contribution in [0.5, 0.6) is 0 Å². The van der Waals surface area contributed by atoms with Crippen molar-refractivity contribution in [2.45, 2.75) is 18.3 Å². The largest absolute Gasteiger partial charge is 0.418 e. The Morgan fingerprint density at radius 1 is 1.13 bits per heavy atom. The Balaban J connectivity index is 0.000000575. The molecule has 0 bridgehead atoms. The topological polar surface area (TPSA) is 106 Å². The predicted octanol–water partition coefficient (Wildman–Crippen LogP) is 5.72. The Hall–Kier alpha value is -1.30. The number of anilines is 1. The average Bonchev–Trinajstić information content (AvgIpc) is 2.97. The Labute approximate surface area is 187 Å². The van der Waals surface area contributed by atoms with E-state index in [2.05, 4.69) is 48.8 Å². The molecule has 30 heavy (non-hydrogen) atoms. The number of benzene rings is 1. The summed E-state index contributed by atoms with van der Waals surface area (Å²) in [6.07, 6.45) is -4.73. The van der Waals surface area contributed by atoms with Crippen LogP contribution in [0, 0.1) is 6.92 Å². The van der Waals surface area contributed by atoms with Gasteiger partial charge in [-0.05, 0) is 58.8 Å². The molecule has 0 atom stereocenters. The molecule has 1 N–H and O–H groups in total. The van der Waals surface area contributed by atoms with E-state index in [9.17, 15) is 26.2 Å². The molecule has 1 aromatic carbocycles. The zero-order chi connectivity index (χ0) is 22.9. The number of nitrogens with one attached hydrogen (secondary N) is 1. The van der Waals surface area contributed by atoms with Crippen molar-refractivity contribution in [1.29, 1.82) is 0 Å². The zero-order valence-electron chi connectivity index (χ0n) is 14.4. The van der Waals surface area contributed by atoms with Crippen LogP contribution >= 0.6 is 50.5 Å². The van der Waals surface area contributed by atoms with Crippen molar-refractivity contribution in [3.63, 3.8) is 0 Å². The summed E-state index contributed by atoms with van der Waals surface area (Å²) in [6, 6.07) is 5.61. The van der Waals surface area contributed by atoms with Crippen molar-refractivity contribution < 1.29 is 26.2 Å². The first-order chi connectivity index (χ1) is 13.6. The van der Waals surface area contributed by atoms with Crippen LogP contribution in [-0.4, -0.2) is 28.0 Å². The molecule has 2 heterocycles. The van der Waals surface area contributed by atoms with Gasteiger partial charge >= 0.3 is 11.4 Å². The van der Waals surface area contributed by atoms with E-state index in [-0.39, 0.29) is 10.9 Å². The van der Waals surface area contributed by atoms with Crippen LogP contribution in [0.2, 0.25) is 5.15 Å². The molecule has 0 saturated heterocycles. The van der Waals surface area contributed by atoms with Gasteiger partial charge in [0.15, 0.2) is 0 Å². The fourth-order valence-corrected chi connectivity index (χ4v) is 3.27. The highest BCUT2D eigenvalue weighted by molar-refractivity contribution is 8.24. The van der Waals surface area contributed by atoms with Crippen LogP contribution in [-0.2, 0) is 20.8 Å². The van der Waals surface area contributed by atoms with E-state index in [1.807, 2.05) is 4.72 Å². The highest BCUT2D eigenvalue weighted by Gasteiger charge is 2.35. The summed E-state index contributed by atoms with van der Waals surface area (Å²) >= 11 is 19.8. The minimum Gasteiger partial charge on any atom is -0.276 e. The second-order valence-corrected chi connectivity index (χ2v) is 14.0. The van der Waals surface area contributed by atoms with Gasteiger partial charge in [-0.15, -0.1) is 5.10 Å². The number of hydrogen-bond donors (Lipinski definition) is 1. The van der Waals surface area contributed by atoms with Crippen molar-refractivity contribution in [3.8, 4) is 0 Å². The molecule has 0 aliphatic heterocycles. The minimum absolute atomic E-state index is 0.0622. The molecule has 17 heteroatoms. The highest BCUT2D eigenvalue weighted by atomic mass is 36.0. The smallest absolute Gasteiger partial charge is 0.276 e. The van der Waals surface area contributed by atoms with Gasteiger partial charge in [-0.3, -0.25) is 9.29 Å². The van der Waals surface area contributed by atoms with E-state index in [0.717, 1.165) is 22.7 Å². The lowest BCUT2D eigenvalue weighted by molar-refractivity contribution is -0.136. The molecule has 0 fully saturated rings. The van der Waals surface area contributed by atoms with Crippen molar-refractivity contribution >= 4 is 72.0 Å². The first-order valence-corrected chi connectivity index (χ1v) is 13.6. The molecule has 0 radical (unpaired) electrons. The fraction of sp³-hybridized carbons (Fsp3) is 0.154. The highest BCUT2D eigenvalue weighted by Crippen LogP contribution is 2.61. The molecule has 2 aromatic heterocycles. The Kier molecular flexibility index (Phi) is 7.53. The van der Waals surface area contributed by atoms with Crippen LogP contribution in [0.15, 0.2) is 35.5 Å². The third-order valence-corrected chi connectivity index (χ3v) is 4.51. The van der Waals surface area contributed by atoms with E-state index in [4.69, 9.17) is 11.6 Å². The number of alkyl halides is 3. The zero-order valence-corrected chi connectivity index (χ0v) is 19.1. The molecule has 0 saturated carbocycles. The molecule has 8 nitrogen and oxygen atoms in total. The first-order valence-electron chi connectivity index (χ1n) is 7.36. The van der Waals surface area contributed by atoms with Gasteiger partial charge in [-0.2, -0.15) is 31.1 Å². The molecule has 0 amide bonds. The maximum atomic E-state index is 13.0. The monoisotopic (exact) mass is 543 g/mol. The number of aromatic nitrogens is 4. The maximum Gasteiger partial charge on any atom is 0.418 e. The third-order valence-electron chi connectivity index (χ3n) is 3.09. The van der Waals surface area contributed by atoms with Gasteiger partial charge in [0.2, 0.25) is 0 Å². The number of sulfonamides is 1. The van der Waals surface area contributed by atoms with Gasteiger partial charge < -0.3 is 0 Å². The Morgan fingerprint density at radius 2 is 1.70 bits per heavy atom. The normalized spacial score (nSPS) is 12.4. The number of nitrogens with zero attached hydrogens (tertiary/aromatic N) is 4. The third kappa shape index (κ3) is 6.86. The fourth-order valence-electron chi connectivity index (χ4n) is 2.05. The van der Waals surface area contributed by atoms with Crippen molar-refractivity contribution in [2.75, 3.05) is 4.72 Å². The Morgan fingerprint density at radius 3 is 2.27 bits per heavy atom. The summed E-state index contributed by atoms with van der Waals surface area (Å²) in [5.74, 6) is -0.0884. The summed E-state index contributed by atoms with van der Waals surface area (Å²) in [5, 5.41) is -0.213. The molecule has 0 aliphatic rings. The summed E-state index contributed by atoms with van der Waals surface area (Å²) in [4.78, 5) is 7.69. The van der Waals surface area contributed by atoms with Crippen LogP contribution < -0.4 is 4.72 Å². The molecule has 0 aliphatic carbocycles. The van der Waals surface area contributed by atoms with Gasteiger partial charge in [0, 0.05) is 5.69 Å². The SMILES string of the molecule is Cc1cc(Cl)n2nc(S(=O)(=O)Nc3ccccc3C(F)(F)F)nc2n1.O=P(Cl)(Cl)Cl. The van der Waals surface area contributed by atoms with Crippen molar-refractivity contribution in [1.82, 2.24) is 19.6 Å². The first kappa shape index (κ1) is 25.0. The predicted molar refractivity (Wildman–Crippen MR) is 108 cm³/mol. The lowest BCUT2D eigenvalue weighted by Gasteiger charge is -2.13. The van der Waals surface area contributed by atoms with Gasteiger partial charge in [-0.25, -0.2) is 4.98 Å².